The Kier molecular flexibility index (Phi) is 6.12. The highest BCUT2D eigenvalue weighted by molar-refractivity contribution is 7.15. The highest BCUT2D eigenvalue weighted by Crippen LogP contribution is 2.37. The van der Waals surface area contributed by atoms with E-state index in [4.69, 9.17) is 4.98 Å². The molecule has 5 heterocycles. The molecule has 0 aromatic carbocycles. The zero-order valence-electron chi connectivity index (χ0n) is 19.6. The molecule has 9 nitrogen and oxygen atoms in total. The molecular formula is C25H28N8OS. The largest absolute Gasteiger partial charge is 0.343 e. The van der Waals surface area contributed by atoms with Crippen LogP contribution >= 0.6 is 11.3 Å². The number of pyridine rings is 2. The Labute approximate surface area is 207 Å². The van der Waals surface area contributed by atoms with Crippen molar-refractivity contribution in [3.05, 3.63) is 41.8 Å². The molecule has 4 aromatic rings. The minimum atomic E-state index is 0.210. The van der Waals surface area contributed by atoms with E-state index < -0.39 is 0 Å². The number of fused-ring (bicyclic) bond motifs is 1. The molecule has 4 aromatic heterocycles. The van der Waals surface area contributed by atoms with E-state index in [9.17, 15) is 4.79 Å². The first-order chi connectivity index (χ1) is 17.2. The van der Waals surface area contributed by atoms with Gasteiger partial charge in [0.15, 0.2) is 0 Å². The number of likely N-dealkylation sites (tertiary alicyclic amines) is 1. The minimum Gasteiger partial charge on any atom is -0.343 e. The Morgan fingerprint density at radius 2 is 1.89 bits per heavy atom. The van der Waals surface area contributed by atoms with Crippen LogP contribution in [0.4, 0.5) is 10.9 Å². The fraction of sp³-hybridized carbons (Fsp3) is 0.440. The van der Waals surface area contributed by atoms with Gasteiger partial charge >= 0.3 is 0 Å². The predicted octanol–water partition coefficient (Wildman–Crippen LogP) is 4.76. The minimum absolute atomic E-state index is 0.210. The number of aromatic nitrogens is 6. The maximum Gasteiger partial charge on any atom is 0.224 e. The Morgan fingerprint density at radius 3 is 2.74 bits per heavy atom. The van der Waals surface area contributed by atoms with Gasteiger partial charge in [-0.15, -0.1) is 10.2 Å². The van der Waals surface area contributed by atoms with Crippen molar-refractivity contribution in [2.24, 2.45) is 0 Å². The third-order valence-electron chi connectivity index (χ3n) is 6.90. The van der Waals surface area contributed by atoms with Crippen LogP contribution < -0.4 is 5.32 Å². The second-order valence-electron chi connectivity index (χ2n) is 9.34. The standard InChI is InChI=1S/C25H28N8OS/c34-23(32-10-3-4-11-32)9-12-33-16-19(15-27-33)18-13-21-20(26-14-18)7-8-22(28-21)29-25-31-30-24(35-25)17-5-1-2-6-17/h7-8,13-17H,1-6,9-12H2,(H,28,29,31). The number of anilines is 2. The molecule has 35 heavy (non-hydrogen) atoms. The predicted molar refractivity (Wildman–Crippen MR) is 136 cm³/mol. The maximum absolute atomic E-state index is 12.3. The van der Waals surface area contributed by atoms with Gasteiger partial charge in [-0.25, -0.2) is 4.98 Å². The van der Waals surface area contributed by atoms with E-state index in [1.165, 1.54) is 25.7 Å². The molecule has 10 heteroatoms. The fourth-order valence-corrected chi connectivity index (χ4v) is 5.86. The van der Waals surface area contributed by atoms with Crippen molar-refractivity contribution < 1.29 is 4.79 Å². The molecule has 0 atom stereocenters. The van der Waals surface area contributed by atoms with E-state index in [1.54, 1.807) is 11.3 Å². The number of carbonyl (C=O) groups is 1. The van der Waals surface area contributed by atoms with Gasteiger partial charge in [-0.2, -0.15) is 5.10 Å². The Bertz CT molecular complexity index is 1340. The molecule has 180 valence electrons. The van der Waals surface area contributed by atoms with E-state index in [1.807, 2.05) is 46.4 Å². The summed E-state index contributed by atoms with van der Waals surface area (Å²) in [4.78, 5) is 23.6. The number of amides is 1. The lowest BCUT2D eigenvalue weighted by molar-refractivity contribution is -0.130. The van der Waals surface area contributed by atoms with Crippen LogP contribution in [0, 0.1) is 0 Å². The van der Waals surface area contributed by atoms with E-state index >= 15 is 0 Å². The van der Waals surface area contributed by atoms with Crippen molar-refractivity contribution >= 4 is 39.2 Å². The number of hydrogen-bond donors (Lipinski definition) is 1. The molecule has 0 unspecified atom stereocenters. The van der Waals surface area contributed by atoms with Crippen molar-refractivity contribution in [2.75, 3.05) is 18.4 Å². The van der Waals surface area contributed by atoms with Gasteiger partial charge < -0.3 is 10.2 Å². The van der Waals surface area contributed by atoms with Crippen LogP contribution in [0.2, 0.25) is 0 Å². The average molecular weight is 489 g/mol. The van der Waals surface area contributed by atoms with Crippen LogP contribution in [0.1, 0.15) is 55.9 Å². The summed E-state index contributed by atoms with van der Waals surface area (Å²) in [5, 5.41) is 18.4. The van der Waals surface area contributed by atoms with Crippen molar-refractivity contribution in [3.63, 3.8) is 0 Å². The van der Waals surface area contributed by atoms with Gasteiger partial charge in [-0.05, 0) is 43.9 Å². The molecule has 1 amide bonds. The molecule has 2 fully saturated rings. The molecule has 1 N–H and O–H groups in total. The lowest BCUT2D eigenvalue weighted by Gasteiger charge is -2.14. The Balaban J connectivity index is 1.15. The lowest BCUT2D eigenvalue weighted by Crippen LogP contribution is -2.28. The summed E-state index contributed by atoms with van der Waals surface area (Å²) in [6.07, 6.45) is 13.3. The van der Waals surface area contributed by atoms with Crippen LogP contribution in [-0.2, 0) is 11.3 Å². The summed E-state index contributed by atoms with van der Waals surface area (Å²) in [5.74, 6) is 1.49. The SMILES string of the molecule is O=C(CCn1cc(-c2cnc3ccc(Nc4nnc(C5CCCC5)s4)nc3c2)cn1)N1CCCC1. The van der Waals surface area contributed by atoms with E-state index in [0.29, 0.717) is 18.9 Å². The van der Waals surface area contributed by atoms with Crippen LogP contribution in [-0.4, -0.2) is 53.8 Å². The molecule has 1 saturated carbocycles. The molecule has 1 aliphatic carbocycles. The molecule has 6 rings (SSSR count). The molecule has 0 radical (unpaired) electrons. The summed E-state index contributed by atoms with van der Waals surface area (Å²) >= 11 is 1.62. The van der Waals surface area contributed by atoms with Crippen LogP contribution in [0.15, 0.2) is 36.8 Å². The van der Waals surface area contributed by atoms with E-state index in [-0.39, 0.29) is 5.91 Å². The van der Waals surface area contributed by atoms with Gasteiger partial charge in [0, 0.05) is 55.5 Å². The van der Waals surface area contributed by atoms with Crippen molar-refractivity contribution in [1.29, 1.82) is 0 Å². The zero-order valence-corrected chi connectivity index (χ0v) is 20.4. The number of hydrogen-bond acceptors (Lipinski definition) is 8. The third kappa shape index (κ3) is 4.88. The molecule has 0 spiro atoms. The van der Waals surface area contributed by atoms with Crippen LogP contribution in [0.3, 0.4) is 0 Å². The first-order valence-electron chi connectivity index (χ1n) is 12.4. The highest BCUT2D eigenvalue weighted by Gasteiger charge is 2.21. The van der Waals surface area contributed by atoms with Crippen LogP contribution in [0.25, 0.3) is 22.2 Å². The number of nitrogens with one attached hydrogen (secondary N) is 1. The van der Waals surface area contributed by atoms with E-state index in [0.717, 1.165) is 64.0 Å². The highest BCUT2D eigenvalue weighted by atomic mass is 32.1. The fourth-order valence-electron chi connectivity index (χ4n) is 4.94. The topological polar surface area (TPSA) is 102 Å². The summed E-state index contributed by atoms with van der Waals surface area (Å²) in [6, 6.07) is 5.90. The lowest BCUT2D eigenvalue weighted by atomic mass is 10.1. The van der Waals surface area contributed by atoms with Gasteiger partial charge in [0.05, 0.1) is 17.2 Å². The van der Waals surface area contributed by atoms with Gasteiger partial charge in [-0.3, -0.25) is 14.5 Å². The summed E-state index contributed by atoms with van der Waals surface area (Å²) in [6.45, 7) is 2.35. The summed E-state index contributed by atoms with van der Waals surface area (Å²) in [5.41, 5.74) is 3.52. The number of aryl methyl sites for hydroxylation is 1. The first-order valence-corrected chi connectivity index (χ1v) is 13.2. The molecule has 0 bridgehead atoms. The molecule has 1 saturated heterocycles. The van der Waals surface area contributed by atoms with E-state index in [2.05, 4.69) is 25.6 Å². The molecule has 2 aliphatic rings. The third-order valence-corrected chi connectivity index (χ3v) is 7.90. The van der Waals surface area contributed by atoms with Gasteiger partial charge in [0.25, 0.3) is 0 Å². The normalized spacial score (nSPS) is 16.4. The zero-order chi connectivity index (χ0) is 23.6. The molecule has 1 aliphatic heterocycles. The maximum atomic E-state index is 12.3. The monoisotopic (exact) mass is 488 g/mol. The number of carbonyl (C=O) groups excluding carboxylic acids is 1. The van der Waals surface area contributed by atoms with Crippen molar-refractivity contribution in [1.82, 2.24) is 34.8 Å². The smallest absolute Gasteiger partial charge is 0.224 e. The Morgan fingerprint density at radius 1 is 1.03 bits per heavy atom. The van der Waals surface area contributed by atoms with Crippen molar-refractivity contribution in [3.8, 4) is 11.1 Å². The second-order valence-corrected chi connectivity index (χ2v) is 10.3. The number of rotatable bonds is 7. The quantitative estimate of drug-likeness (QED) is 0.400. The first kappa shape index (κ1) is 22.1. The summed E-state index contributed by atoms with van der Waals surface area (Å²) < 4.78 is 1.83. The van der Waals surface area contributed by atoms with Gasteiger partial charge in [0.1, 0.15) is 10.8 Å². The average Bonchev–Trinajstić information content (AvgIpc) is 3.69. The van der Waals surface area contributed by atoms with Gasteiger partial charge in [0.2, 0.25) is 11.0 Å². The Hall–Kier alpha value is -3.40. The van der Waals surface area contributed by atoms with Gasteiger partial charge in [-0.1, -0.05) is 24.2 Å². The second kappa shape index (κ2) is 9.69. The summed E-state index contributed by atoms with van der Waals surface area (Å²) in [7, 11) is 0. The van der Waals surface area contributed by atoms with Crippen LogP contribution in [0.5, 0.6) is 0 Å². The number of nitrogens with zero attached hydrogens (tertiary/aromatic N) is 7. The van der Waals surface area contributed by atoms with Crippen molar-refractivity contribution in [2.45, 2.75) is 57.4 Å². The molecular weight excluding hydrogens is 460 g/mol.